The van der Waals surface area contributed by atoms with E-state index in [9.17, 15) is 0 Å². The van der Waals surface area contributed by atoms with Crippen LogP contribution in [0.1, 0.15) is 16.7 Å². The molecule has 0 saturated heterocycles. The Hall–Kier alpha value is -1.97. The lowest BCUT2D eigenvalue weighted by atomic mass is 9.90. The van der Waals surface area contributed by atoms with Crippen molar-refractivity contribution >= 4 is 38.8 Å². The number of hydrogen-bond donors (Lipinski definition) is 0. The zero-order valence-electron chi connectivity index (χ0n) is 13.8. The topological polar surface area (TPSA) is 9.23 Å². The molecule has 124 valence electrons. The highest BCUT2D eigenvalue weighted by molar-refractivity contribution is 9.09. The predicted octanol–water partition coefficient (Wildman–Crippen LogP) is 6.51. The minimum atomic E-state index is 0.806. The second kappa shape index (κ2) is 7.11. The van der Waals surface area contributed by atoms with E-state index in [4.69, 9.17) is 4.74 Å². The maximum absolute atomic E-state index is 5.46. The monoisotopic (exact) mass is 408 g/mol. The lowest BCUT2D eigenvalue weighted by molar-refractivity contribution is 0.413. The highest BCUT2D eigenvalue weighted by Gasteiger charge is 2.23. The quantitative estimate of drug-likeness (QED) is 0.456. The Morgan fingerprint density at radius 3 is 2.36 bits per heavy atom. The van der Waals surface area contributed by atoms with Crippen LogP contribution in [0.15, 0.2) is 82.6 Å². The first kappa shape index (κ1) is 16.5. The molecule has 0 radical (unpaired) electrons. The van der Waals surface area contributed by atoms with Gasteiger partial charge in [-0.3, -0.25) is 0 Å². The van der Waals surface area contributed by atoms with Gasteiger partial charge in [0.25, 0.3) is 0 Å². The number of fused-ring (bicyclic) bond motifs is 2. The van der Waals surface area contributed by atoms with E-state index < -0.39 is 0 Å². The summed E-state index contributed by atoms with van der Waals surface area (Å²) < 4.78 is 5.46. The maximum atomic E-state index is 5.46. The molecule has 3 aromatic rings. The Labute approximate surface area is 160 Å². The van der Waals surface area contributed by atoms with Crippen LogP contribution in [-0.4, -0.2) is 12.4 Å². The van der Waals surface area contributed by atoms with E-state index in [2.05, 4.69) is 82.7 Å². The number of alkyl halides is 1. The third-order valence-corrected chi connectivity index (χ3v) is 6.08. The van der Waals surface area contributed by atoms with Gasteiger partial charge in [0, 0.05) is 15.1 Å². The van der Waals surface area contributed by atoms with E-state index >= 15 is 0 Å². The van der Waals surface area contributed by atoms with Gasteiger partial charge < -0.3 is 4.74 Å². The minimum Gasteiger partial charge on any atom is -0.497 e. The zero-order chi connectivity index (χ0) is 17.2. The maximum Gasteiger partial charge on any atom is 0.120 e. The van der Waals surface area contributed by atoms with Crippen molar-refractivity contribution < 1.29 is 4.74 Å². The summed E-state index contributed by atoms with van der Waals surface area (Å²) in [6.07, 6.45) is 0. The molecule has 1 heterocycles. The van der Waals surface area contributed by atoms with Crippen molar-refractivity contribution in [3.63, 3.8) is 0 Å². The zero-order valence-corrected chi connectivity index (χ0v) is 16.2. The molecule has 1 aliphatic heterocycles. The molecule has 1 aliphatic rings. The van der Waals surface area contributed by atoms with Gasteiger partial charge in [0.05, 0.1) is 7.11 Å². The molecule has 1 nitrogen and oxygen atoms in total. The van der Waals surface area contributed by atoms with Crippen molar-refractivity contribution in [2.24, 2.45) is 0 Å². The van der Waals surface area contributed by atoms with Gasteiger partial charge in [-0.1, -0.05) is 76.2 Å². The fourth-order valence-electron chi connectivity index (χ4n) is 3.21. The van der Waals surface area contributed by atoms with Crippen molar-refractivity contribution in [2.45, 2.75) is 9.79 Å². The van der Waals surface area contributed by atoms with Crippen molar-refractivity contribution in [1.29, 1.82) is 0 Å². The molecular weight excluding hydrogens is 392 g/mol. The number of benzene rings is 3. The van der Waals surface area contributed by atoms with Crippen LogP contribution in [0.4, 0.5) is 0 Å². The molecule has 0 N–H and O–H groups in total. The summed E-state index contributed by atoms with van der Waals surface area (Å²) in [6, 6.07) is 25.6. The van der Waals surface area contributed by atoms with Gasteiger partial charge in [-0.25, -0.2) is 0 Å². The summed E-state index contributed by atoms with van der Waals surface area (Å²) in [6.45, 7) is 0. The van der Waals surface area contributed by atoms with Crippen molar-refractivity contribution in [2.75, 3.05) is 12.4 Å². The highest BCUT2D eigenvalue weighted by Crippen LogP contribution is 2.47. The third-order valence-electron chi connectivity index (χ3n) is 4.39. The molecule has 0 unspecified atom stereocenters. The Morgan fingerprint density at radius 2 is 1.60 bits per heavy atom. The molecule has 25 heavy (non-hydrogen) atoms. The Bertz CT molecular complexity index is 947. The molecule has 0 aromatic heterocycles. The molecule has 0 fully saturated rings. The average molecular weight is 409 g/mol. The number of ether oxygens (including phenoxy) is 1. The van der Waals surface area contributed by atoms with Crippen LogP contribution in [0.25, 0.3) is 11.1 Å². The fourth-order valence-corrected chi connectivity index (χ4v) is 4.94. The number of halogens is 1. The Balaban J connectivity index is 2.07. The molecule has 0 amide bonds. The second-order valence-electron chi connectivity index (χ2n) is 5.81. The van der Waals surface area contributed by atoms with Gasteiger partial charge in [-0.15, -0.1) is 0 Å². The van der Waals surface area contributed by atoms with Gasteiger partial charge in [0.1, 0.15) is 5.75 Å². The minimum absolute atomic E-state index is 0.806. The fraction of sp³-hybridized carbons (Fsp3) is 0.0909. The normalized spacial score (nSPS) is 13.0. The van der Waals surface area contributed by atoms with E-state index in [-0.39, 0.29) is 0 Å². The van der Waals surface area contributed by atoms with Gasteiger partial charge >= 0.3 is 0 Å². The number of hydrogen-bond acceptors (Lipinski definition) is 2. The summed E-state index contributed by atoms with van der Waals surface area (Å²) >= 11 is 5.55. The summed E-state index contributed by atoms with van der Waals surface area (Å²) in [7, 11) is 1.72. The van der Waals surface area contributed by atoms with Crippen molar-refractivity contribution in [3.05, 3.63) is 89.5 Å². The van der Waals surface area contributed by atoms with Gasteiger partial charge in [-0.05, 0) is 52.1 Å². The smallest absolute Gasteiger partial charge is 0.120 e. The number of methoxy groups -OCH3 is 1. The number of rotatable bonds is 3. The molecule has 3 aromatic carbocycles. The summed E-state index contributed by atoms with van der Waals surface area (Å²) in [5.74, 6) is 0.887. The lowest BCUT2D eigenvalue weighted by Crippen LogP contribution is -1.96. The van der Waals surface area contributed by atoms with Crippen LogP contribution in [0.5, 0.6) is 5.75 Å². The second-order valence-corrected chi connectivity index (χ2v) is 7.46. The van der Waals surface area contributed by atoms with E-state index in [1.807, 2.05) is 17.8 Å². The van der Waals surface area contributed by atoms with E-state index in [1.54, 1.807) is 7.11 Å². The lowest BCUT2D eigenvalue weighted by Gasteiger charge is -2.15. The Morgan fingerprint density at radius 1 is 0.840 bits per heavy atom. The third kappa shape index (κ3) is 3.03. The van der Waals surface area contributed by atoms with Crippen LogP contribution in [0.3, 0.4) is 0 Å². The first-order valence-corrected chi connectivity index (χ1v) is 10.1. The molecule has 4 rings (SSSR count). The molecule has 0 spiro atoms. The summed E-state index contributed by atoms with van der Waals surface area (Å²) in [5.41, 5.74) is 6.38. The van der Waals surface area contributed by atoms with E-state index in [1.165, 1.54) is 37.6 Å². The van der Waals surface area contributed by atoms with E-state index in [0.29, 0.717) is 0 Å². The summed E-state index contributed by atoms with van der Waals surface area (Å²) in [5, 5.41) is 0.806. The number of allylic oxidation sites excluding steroid dienone is 1. The molecule has 3 heteroatoms. The van der Waals surface area contributed by atoms with E-state index in [0.717, 1.165) is 11.1 Å². The average Bonchev–Trinajstić information content (AvgIpc) is 2.81. The molecule has 0 aliphatic carbocycles. The van der Waals surface area contributed by atoms with Crippen LogP contribution in [0, 0.1) is 0 Å². The van der Waals surface area contributed by atoms with Crippen LogP contribution in [0.2, 0.25) is 0 Å². The van der Waals surface area contributed by atoms with Crippen LogP contribution in [-0.2, 0) is 0 Å². The summed E-state index contributed by atoms with van der Waals surface area (Å²) in [4.78, 5) is 2.50. The SMILES string of the molecule is COc1ccc2c(c1)Sc1ccccc1C(CBr)=C2c1ccccc1. The van der Waals surface area contributed by atoms with Crippen LogP contribution < -0.4 is 4.74 Å². The first-order valence-electron chi connectivity index (χ1n) is 8.12. The molecular formula is C22H17BrOS. The predicted molar refractivity (Wildman–Crippen MR) is 110 cm³/mol. The van der Waals surface area contributed by atoms with Gasteiger partial charge in [0.2, 0.25) is 0 Å². The van der Waals surface area contributed by atoms with Gasteiger partial charge in [-0.2, -0.15) is 0 Å². The highest BCUT2D eigenvalue weighted by atomic mass is 79.9. The van der Waals surface area contributed by atoms with Crippen molar-refractivity contribution in [3.8, 4) is 5.75 Å². The Kier molecular flexibility index (Phi) is 4.69. The molecule has 0 atom stereocenters. The van der Waals surface area contributed by atoms with Crippen LogP contribution >= 0.6 is 27.7 Å². The standard InChI is InChI=1S/C22H17BrOS/c1-24-16-11-12-18-21(13-16)25-20-10-6-5-9-17(20)19(14-23)22(18)15-7-3-2-4-8-15/h2-13H,14H2,1H3. The first-order chi connectivity index (χ1) is 12.3. The largest absolute Gasteiger partial charge is 0.497 e. The van der Waals surface area contributed by atoms with Gasteiger partial charge in [0.15, 0.2) is 0 Å². The molecule has 0 bridgehead atoms. The van der Waals surface area contributed by atoms with Crippen molar-refractivity contribution in [1.82, 2.24) is 0 Å². The molecule has 0 saturated carbocycles.